The van der Waals surface area contributed by atoms with Gasteiger partial charge in [0.15, 0.2) is 0 Å². The average Bonchev–Trinajstić information content (AvgIpc) is 2.96. The first-order valence-electron chi connectivity index (χ1n) is 5.99. The van der Waals surface area contributed by atoms with E-state index in [1.165, 1.54) is 13.4 Å². The Labute approximate surface area is 121 Å². The number of benzene rings is 1. The minimum absolute atomic E-state index is 0.383. The smallest absolute Gasteiger partial charge is 0.337 e. The molecule has 0 aliphatic carbocycles. The number of pyridine rings is 1. The molecule has 1 aliphatic heterocycles. The van der Waals surface area contributed by atoms with Crippen molar-refractivity contribution in [1.82, 2.24) is 10.3 Å². The summed E-state index contributed by atoms with van der Waals surface area (Å²) >= 11 is 6.24. The fourth-order valence-corrected chi connectivity index (χ4v) is 2.41. The molecule has 5 nitrogen and oxygen atoms in total. The molecule has 0 saturated heterocycles. The van der Waals surface area contributed by atoms with Gasteiger partial charge >= 0.3 is 5.91 Å². The molecule has 0 radical (unpaired) electrons. The van der Waals surface area contributed by atoms with Gasteiger partial charge in [0.2, 0.25) is 0 Å². The molecule has 0 amide bonds. The van der Waals surface area contributed by atoms with Crippen molar-refractivity contribution in [2.45, 2.75) is 5.91 Å². The van der Waals surface area contributed by atoms with Gasteiger partial charge in [0.1, 0.15) is 22.9 Å². The third-order valence-electron chi connectivity index (χ3n) is 3.19. The van der Waals surface area contributed by atoms with E-state index in [-0.39, 0.29) is 0 Å². The maximum absolute atomic E-state index is 6.24. The number of nitrogens with zero attached hydrogens (tertiary/aromatic N) is 1. The Morgan fingerprint density at radius 1 is 1.30 bits per heavy atom. The van der Waals surface area contributed by atoms with E-state index in [0.29, 0.717) is 10.8 Å². The van der Waals surface area contributed by atoms with Crippen LogP contribution in [-0.2, 0) is 15.4 Å². The van der Waals surface area contributed by atoms with Crippen LogP contribution in [0.3, 0.4) is 0 Å². The Hall–Kier alpha value is -1.98. The normalized spacial score (nSPS) is 20.8. The number of hydrogen-bond acceptors (Lipinski definition) is 5. The minimum Gasteiger partial charge on any atom is -0.497 e. The van der Waals surface area contributed by atoms with Gasteiger partial charge in [-0.15, -0.1) is 0 Å². The topological polar surface area (TPSA) is 52.6 Å². The molecule has 1 atom stereocenters. The van der Waals surface area contributed by atoms with Gasteiger partial charge in [-0.3, -0.25) is 0 Å². The van der Waals surface area contributed by atoms with Crippen LogP contribution in [-0.4, -0.2) is 19.2 Å². The molecule has 0 bridgehead atoms. The maximum atomic E-state index is 6.24. The van der Waals surface area contributed by atoms with Gasteiger partial charge in [-0.05, 0) is 29.7 Å². The van der Waals surface area contributed by atoms with E-state index in [4.69, 9.17) is 25.8 Å². The summed E-state index contributed by atoms with van der Waals surface area (Å²) in [6.45, 7) is 0. The molecule has 2 aromatic rings. The van der Waals surface area contributed by atoms with Gasteiger partial charge in [0.05, 0.1) is 7.11 Å². The third-order valence-corrected chi connectivity index (χ3v) is 3.48. The first kappa shape index (κ1) is 13.0. The Morgan fingerprint density at radius 2 is 2.15 bits per heavy atom. The van der Waals surface area contributed by atoms with E-state index in [0.717, 1.165) is 16.5 Å². The number of nitrogens with one attached hydrogen (secondary N) is 1. The van der Waals surface area contributed by atoms with Crippen molar-refractivity contribution in [2.75, 3.05) is 14.2 Å². The Morgan fingerprint density at radius 3 is 2.80 bits per heavy atom. The number of methoxy groups -OCH3 is 2. The Kier molecular flexibility index (Phi) is 3.16. The van der Waals surface area contributed by atoms with Crippen LogP contribution < -0.4 is 10.1 Å². The van der Waals surface area contributed by atoms with Gasteiger partial charge in [0.25, 0.3) is 0 Å². The second-order valence-corrected chi connectivity index (χ2v) is 4.63. The molecule has 6 heteroatoms. The van der Waals surface area contributed by atoms with Gasteiger partial charge in [-0.1, -0.05) is 11.6 Å². The van der Waals surface area contributed by atoms with Gasteiger partial charge in [0, 0.05) is 18.7 Å². The van der Waals surface area contributed by atoms with E-state index in [9.17, 15) is 0 Å². The van der Waals surface area contributed by atoms with E-state index in [1.54, 1.807) is 13.3 Å². The monoisotopic (exact) mass is 292 g/mol. The highest BCUT2D eigenvalue weighted by Crippen LogP contribution is 2.32. The van der Waals surface area contributed by atoms with Gasteiger partial charge in [-0.25, -0.2) is 4.98 Å². The molecule has 3 rings (SSSR count). The molecule has 2 heterocycles. The number of hydrogen-bond donors (Lipinski definition) is 1. The van der Waals surface area contributed by atoms with Crippen LogP contribution in [0.1, 0.15) is 5.69 Å². The highest BCUT2D eigenvalue weighted by molar-refractivity contribution is 6.34. The highest BCUT2D eigenvalue weighted by atomic mass is 35.5. The number of ether oxygens (including phenoxy) is 3. The van der Waals surface area contributed by atoms with Gasteiger partial charge < -0.3 is 19.5 Å². The second kappa shape index (κ2) is 4.85. The van der Waals surface area contributed by atoms with E-state index in [1.807, 2.05) is 24.3 Å². The van der Waals surface area contributed by atoms with Crippen LogP contribution in [0.2, 0.25) is 5.15 Å². The zero-order valence-electron chi connectivity index (χ0n) is 11.0. The van der Waals surface area contributed by atoms with Crippen molar-refractivity contribution in [2.24, 2.45) is 0 Å². The minimum atomic E-state index is -1.14. The predicted octanol–water partition coefficient (Wildman–Crippen LogP) is 2.74. The van der Waals surface area contributed by atoms with Gasteiger partial charge in [-0.2, -0.15) is 0 Å². The molecule has 1 aromatic carbocycles. The van der Waals surface area contributed by atoms with E-state index < -0.39 is 5.91 Å². The zero-order valence-corrected chi connectivity index (χ0v) is 11.8. The second-order valence-electron chi connectivity index (χ2n) is 4.27. The van der Waals surface area contributed by atoms with E-state index >= 15 is 0 Å². The molecule has 20 heavy (non-hydrogen) atoms. The average molecular weight is 293 g/mol. The number of rotatable bonds is 3. The molecular weight excluding hydrogens is 280 g/mol. The molecule has 1 aromatic heterocycles. The van der Waals surface area contributed by atoms with Crippen LogP contribution in [0.15, 0.2) is 36.7 Å². The maximum Gasteiger partial charge on any atom is 0.337 e. The first-order chi connectivity index (χ1) is 9.68. The number of fused-ring (bicyclic) bond motifs is 1. The summed E-state index contributed by atoms with van der Waals surface area (Å²) in [6.07, 6.45) is 3.16. The van der Waals surface area contributed by atoms with E-state index in [2.05, 4.69) is 10.3 Å². The number of halogens is 1. The van der Waals surface area contributed by atoms with Crippen LogP contribution >= 0.6 is 11.6 Å². The lowest BCUT2D eigenvalue weighted by molar-refractivity contribution is -0.203. The summed E-state index contributed by atoms with van der Waals surface area (Å²) in [7, 11) is 3.15. The molecule has 1 unspecified atom stereocenters. The van der Waals surface area contributed by atoms with Crippen molar-refractivity contribution < 1.29 is 14.2 Å². The van der Waals surface area contributed by atoms with Crippen molar-refractivity contribution >= 4 is 22.4 Å². The Balaban J connectivity index is 2.17. The molecular formula is C14H13ClN2O3. The van der Waals surface area contributed by atoms with Crippen molar-refractivity contribution in [1.29, 1.82) is 0 Å². The fourth-order valence-electron chi connectivity index (χ4n) is 2.14. The number of aromatic nitrogens is 1. The summed E-state index contributed by atoms with van der Waals surface area (Å²) in [6, 6.07) is 7.45. The van der Waals surface area contributed by atoms with Crippen molar-refractivity contribution in [3.8, 4) is 5.75 Å². The van der Waals surface area contributed by atoms with Crippen LogP contribution in [0.25, 0.3) is 10.8 Å². The SMILES string of the molecule is COc1ccc2c(Cl)nc(C3(OC)NC=CO3)cc2c1. The van der Waals surface area contributed by atoms with Crippen molar-refractivity contribution in [3.05, 3.63) is 47.6 Å². The van der Waals surface area contributed by atoms with Crippen LogP contribution in [0.4, 0.5) is 0 Å². The van der Waals surface area contributed by atoms with Crippen molar-refractivity contribution in [3.63, 3.8) is 0 Å². The Bertz CT molecular complexity index is 679. The lowest BCUT2D eigenvalue weighted by Crippen LogP contribution is -2.40. The highest BCUT2D eigenvalue weighted by Gasteiger charge is 2.38. The summed E-state index contributed by atoms with van der Waals surface area (Å²) in [5.41, 5.74) is 0.538. The lowest BCUT2D eigenvalue weighted by atomic mass is 10.1. The molecule has 0 spiro atoms. The molecule has 1 N–H and O–H groups in total. The predicted molar refractivity (Wildman–Crippen MR) is 75.4 cm³/mol. The lowest BCUT2D eigenvalue weighted by Gasteiger charge is -2.26. The fraction of sp³-hybridized carbons (Fsp3) is 0.214. The van der Waals surface area contributed by atoms with Crippen LogP contribution in [0, 0.1) is 0 Å². The van der Waals surface area contributed by atoms with Crippen LogP contribution in [0.5, 0.6) is 5.75 Å². The summed E-state index contributed by atoms with van der Waals surface area (Å²) < 4.78 is 16.1. The summed E-state index contributed by atoms with van der Waals surface area (Å²) in [4.78, 5) is 4.35. The quantitative estimate of drug-likeness (QED) is 0.882. The summed E-state index contributed by atoms with van der Waals surface area (Å²) in [5, 5.41) is 5.10. The summed E-state index contributed by atoms with van der Waals surface area (Å²) in [5.74, 6) is -0.392. The largest absolute Gasteiger partial charge is 0.497 e. The standard InChI is InChI=1S/C14H13ClN2O3/c1-18-10-3-4-11-9(7-10)8-12(17-13(11)15)14(19-2)16-5-6-20-14/h3-8,16H,1-2H3. The third kappa shape index (κ3) is 1.95. The molecule has 0 saturated carbocycles. The molecule has 104 valence electrons. The molecule has 0 fully saturated rings. The molecule has 1 aliphatic rings. The zero-order chi connectivity index (χ0) is 14.2. The first-order valence-corrected chi connectivity index (χ1v) is 6.37.